The molecule has 0 bridgehead atoms. The Morgan fingerprint density at radius 2 is 1.78 bits per heavy atom. The zero-order chi connectivity index (χ0) is 23.0. The van der Waals surface area contributed by atoms with Gasteiger partial charge in [-0.05, 0) is 35.8 Å². The summed E-state index contributed by atoms with van der Waals surface area (Å²) in [5.41, 5.74) is 1.21. The molecular weight excluding hydrogens is 428 g/mol. The normalized spacial score (nSPS) is 15.2. The molecule has 9 heteroatoms. The highest BCUT2D eigenvalue weighted by atomic mass is 32.1. The van der Waals surface area contributed by atoms with Gasteiger partial charge in [0.15, 0.2) is 5.11 Å². The molecule has 0 spiro atoms. The molecule has 160 valence electrons. The van der Waals surface area contributed by atoms with Gasteiger partial charge >= 0.3 is 0 Å². The van der Waals surface area contributed by atoms with Crippen molar-refractivity contribution in [2.24, 2.45) is 0 Å². The Balaban J connectivity index is 1.86. The maximum Gasteiger partial charge on any atom is 0.270 e. The van der Waals surface area contributed by atoms with Crippen molar-refractivity contribution in [2.75, 3.05) is 23.9 Å². The number of benzene rings is 3. The molecule has 0 atom stereocenters. The summed E-state index contributed by atoms with van der Waals surface area (Å²) < 4.78 is 0. The van der Waals surface area contributed by atoms with Gasteiger partial charge in [-0.3, -0.25) is 29.9 Å². The molecule has 0 unspecified atom stereocenters. The number of fused-ring (bicyclic) bond motifs is 1. The van der Waals surface area contributed by atoms with E-state index in [1.54, 1.807) is 37.2 Å². The quantitative estimate of drug-likeness (QED) is 0.216. The van der Waals surface area contributed by atoms with Crippen molar-refractivity contribution in [2.45, 2.75) is 0 Å². The smallest absolute Gasteiger partial charge is 0.270 e. The van der Waals surface area contributed by atoms with Gasteiger partial charge in [0, 0.05) is 42.9 Å². The van der Waals surface area contributed by atoms with Crippen LogP contribution in [0.4, 0.5) is 17.1 Å². The molecule has 2 amide bonds. The second kappa shape index (κ2) is 8.20. The van der Waals surface area contributed by atoms with E-state index in [0.717, 1.165) is 10.8 Å². The molecule has 0 saturated carbocycles. The number of nitro groups is 1. The van der Waals surface area contributed by atoms with Crippen LogP contribution in [0.2, 0.25) is 0 Å². The van der Waals surface area contributed by atoms with Crippen LogP contribution in [0.15, 0.2) is 66.2 Å². The van der Waals surface area contributed by atoms with E-state index in [4.69, 9.17) is 12.2 Å². The highest BCUT2D eigenvalue weighted by molar-refractivity contribution is 7.80. The van der Waals surface area contributed by atoms with Gasteiger partial charge in [-0.25, -0.2) is 0 Å². The van der Waals surface area contributed by atoms with Gasteiger partial charge in [-0.1, -0.05) is 36.4 Å². The predicted molar refractivity (Wildman–Crippen MR) is 128 cm³/mol. The summed E-state index contributed by atoms with van der Waals surface area (Å²) in [5.74, 6) is -1.26. The number of nitrogens with one attached hydrogen (secondary N) is 1. The third kappa shape index (κ3) is 3.69. The van der Waals surface area contributed by atoms with E-state index in [0.29, 0.717) is 16.9 Å². The van der Waals surface area contributed by atoms with Gasteiger partial charge < -0.3 is 4.90 Å². The van der Waals surface area contributed by atoms with E-state index in [2.05, 4.69) is 5.32 Å². The lowest BCUT2D eigenvalue weighted by molar-refractivity contribution is -0.384. The zero-order valence-electron chi connectivity index (χ0n) is 17.2. The van der Waals surface area contributed by atoms with Crippen molar-refractivity contribution < 1.29 is 14.5 Å². The number of amides is 2. The van der Waals surface area contributed by atoms with E-state index >= 15 is 0 Å². The van der Waals surface area contributed by atoms with Crippen molar-refractivity contribution in [3.8, 4) is 0 Å². The first-order valence-corrected chi connectivity index (χ1v) is 10.0. The van der Waals surface area contributed by atoms with Gasteiger partial charge in [-0.15, -0.1) is 0 Å². The number of nitro benzene ring substituents is 1. The number of rotatable bonds is 4. The minimum atomic E-state index is -0.660. The molecule has 3 aromatic carbocycles. The fraction of sp³-hybridized carbons (Fsp3) is 0.0870. The van der Waals surface area contributed by atoms with Gasteiger partial charge in [0.1, 0.15) is 5.57 Å². The molecule has 1 N–H and O–H groups in total. The molecule has 1 saturated heterocycles. The average Bonchev–Trinajstić information content (AvgIpc) is 2.76. The number of carbonyl (C=O) groups is 2. The van der Waals surface area contributed by atoms with Crippen molar-refractivity contribution in [3.63, 3.8) is 0 Å². The summed E-state index contributed by atoms with van der Waals surface area (Å²) in [6, 6.07) is 17.3. The van der Waals surface area contributed by atoms with E-state index in [9.17, 15) is 19.7 Å². The van der Waals surface area contributed by atoms with Crippen LogP contribution in [0.5, 0.6) is 0 Å². The van der Waals surface area contributed by atoms with Crippen LogP contribution in [-0.4, -0.2) is 35.9 Å². The summed E-state index contributed by atoms with van der Waals surface area (Å²) >= 11 is 5.31. The number of anilines is 2. The van der Waals surface area contributed by atoms with Gasteiger partial charge in [0.05, 0.1) is 10.6 Å². The molecule has 1 aliphatic heterocycles. The van der Waals surface area contributed by atoms with E-state index < -0.39 is 16.7 Å². The first kappa shape index (κ1) is 21.1. The van der Waals surface area contributed by atoms with Crippen LogP contribution in [0.3, 0.4) is 0 Å². The third-order valence-corrected chi connectivity index (χ3v) is 5.40. The Bertz CT molecular complexity index is 1330. The van der Waals surface area contributed by atoms with Crippen LogP contribution >= 0.6 is 12.2 Å². The van der Waals surface area contributed by atoms with Crippen LogP contribution in [-0.2, 0) is 9.59 Å². The van der Waals surface area contributed by atoms with Crippen LogP contribution in [0.1, 0.15) is 5.56 Å². The number of non-ortho nitro benzene ring substituents is 1. The maximum absolute atomic E-state index is 13.5. The molecule has 1 aliphatic rings. The Morgan fingerprint density at radius 1 is 1.06 bits per heavy atom. The topological polar surface area (TPSA) is 95.8 Å². The largest absolute Gasteiger partial charge is 0.377 e. The Kier molecular flexibility index (Phi) is 5.41. The number of hydrogen-bond donors (Lipinski definition) is 1. The fourth-order valence-electron chi connectivity index (χ4n) is 3.61. The SMILES string of the molecule is CN(C)c1ccc([N+](=O)[O-])cc1/C=C1/C(=O)NC(=S)N(c2cccc3ccccc23)C1=O. The molecule has 8 nitrogen and oxygen atoms in total. The molecule has 3 aromatic rings. The van der Waals surface area contributed by atoms with Crippen molar-refractivity contribution in [3.05, 3.63) is 81.9 Å². The zero-order valence-corrected chi connectivity index (χ0v) is 18.1. The molecule has 1 fully saturated rings. The fourth-order valence-corrected chi connectivity index (χ4v) is 3.89. The number of hydrogen-bond acceptors (Lipinski definition) is 6. The summed E-state index contributed by atoms with van der Waals surface area (Å²) in [5, 5.41) is 15.5. The predicted octanol–water partition coefficient (Wildman–Crippen LogP) is 3.65. The Hall–Kier alpha value is -4.11. The lowest BCUT2D eigenvalue weighted by atomic mass is 10.0. The minimum absolute atomic E-state index is 0.0274. The molecular formula is C23H18N4O4S. The highest BCUT2D eigenvalue weighted by Crippen LogP contribution is 2.31. The molecule has 0 radical (unpaired) electrons. The second-order valence-corrected chi connectivity index (χ2v) is 7.74. The minimum Gasteiger partial charge on any atom is -0.377 e. The average molecular weight is 446 g/mol. The van der Waals surface area contributed by atoms with Gasteiger partial charge in [0.25, 0.3) is 17.5 Å². The summed E-state index contributed by atoms with van der Waals surface area (Å²) in [4.78, 5) is 39.9. The van der Waals surface area contributed by atoms with Crippen LogP contribution in [0, 0.1) is 10.1 Å². The van der Waals surface area contributed by atoms with Gasteiger partial charge in [0.2, 0.25) is 0 Å². The lowest BCUT2D eigenvalue weighted by Gasteiger charge is -2.30. The summed E-state index contributed by atoms with van der Waals surface area (Å²) in [6.07, 6.45) is 1.36. The summed E-state index contributed by atoms with van der Waals surface area (Å²) in [6.45, 7) is 0. The molecule has 4 rings (SSSR count). The Labute approximate surface area is 188 Å². The van der Waals surface area contributed by atoms with Crippen LogP contribution < -0.4 is 15.1 Å². The molecule has 1 heterocycles. The van der Waals surface area contributed by atoms with E-state index in [-0.39, 0.29) is 16.4 Å². The summed E-state index contributed by atoms with van der Waals surface area (Å²) in [7, 11) is 3.53. The molecule has 0 aromatic heterocycles. The molecule has 32 heavy (non-hydrogen) atoms. The number of thiocarbonyl (C=S) groups is 1. The lowest BCUT2D eigenvalue weighted by Crippen LogP contribution is -2.54. The first-order valence-electron chi connectivity index (χ1n) is 9.63. The van der Waals surface area contributed by atoms with Crippen molar-refractivity contribution in [1.29, 1.82) is 0 Å². The van der Waals surface area contributed by atoms with E-state index in [1.165, 1.54) is 23.1 Å². The second-order valence-electron chi connectivity index (χ2n) is 7.35. The third-order valence-electron chi connectivity index (χ3n) is 5.11. The van der Waals surface area contributed by atoms with Crippen molar-refractivity contribution >= 4 is 63.1 Å². The van der Waals surface area contributed by atoms with E-state index in [1.807, 2.05) is 30.3 Å². The number of nitrogens with zero attached hydrogens (tertiary/aromatic N) is 3. The van der Waals surface area contributed by atoms with Gasteiger partial charge in [-0.2, -0.15) is 0 Å². The molecule has 0 aliphatic carbocycles. The first-order chi connectivity index (χ1) is 15.3. The Morgan fingerprint density at radius 3 is 2.50 bits per heavy atom. The van der Waals surface area contributed by atoms with Crippen molar-refractivity contribution in [1.82, 2.24) is 5.32 Å². The monoisotopic (exact) mass is 446 g/mol. The maximum atomic E-state index is 13.5. The highest BCUT2D eigenvalue weighted by Gasteiger charge is 2.35. The van der Waals surface area contributed by atoms with Crippen LogP contribution in [0.25, 0.3) is 16.8 Å². The standard InChI is InChI=1S/C23H18N4O4S/c1-25(2)19-11-10-16(27(30)31)12-15(19)13-18-21(28)24-23(32)26(22(18)29)20-9-5-7-14-6-3-4-8-17(14)20/h3-13H,1-2H3,(H,24,28,32)/b18-13-. The number of carbonyl (C=O) groups excluding carboxylic acids is 2.